The van der Waals surface area contributed by atoms with Gasteiger partial charge in [-0.25, -0.2) is 4.98 Å². The van der Waals surface area contributed by atoms with E-state index in [-0.39, 0.29) is 24.4 Å². The van der Waals surface area contributed by atoms with E-state index in [1.165, 1.54) is 32.7 Å². The third-order valence-corrected chi connectivity index (χ3v) is 6.96. The zero-order chi connectivity index (χ0) is 21.4. The van der Waals surface area contributed by atoms with Crippen molar-refractivity contribution in [3.05, 3.63) is 24.3 Å². The lowest BCUT2D eigenvalue weighted by Gasteiger charge is -2.46. The molecular weight excluding hydrogens is 396 g/mol. The number of hydrogen-bond donors (Lipinski definition) is 4. The second-order valence-electron chi connectivity index (χ2n) is 8.76. The normalized spacial score (nSPS) is 25.5. The van der Waals surface area contributed by atoms with Crippen LogP contribution in [0.2, 0.25) is 0 Å². The predicted octanol–water partition coefficient (Wildman–Crippen LogP) is 2.96. The van der Waals surface area contributed by atoms with Gasteiger partial charge in [-0.15, -0.1) is 0 Å². The van der Waals surface area contributed by atoms with Crippen molar-refractivity contribution in [1.29, 1.82) is 0 Å². The van der Waals surface area contributed by atoms with Gasteiger partial charge in [0, 0.05) is 37.5 Å². The second kappa shape index (κ2) is 8.30. The van der Waals surface area contributed by atoms with Gasteiger partial charge < -0.3 is 25.2 Å². The minimum absolute atomic E-state index is 0.0106. The molecule has 0 aliphatic heterocycles. The van der Waals surface area contributed by atoms with Crippen molar-refractivity contribution in [2.24, 2.45) is 17.8 Å². The Hall–Kier alpha value is -2.94. The van der Waals surface area contributed by atoms with E-state index in [2.05, 4.69) is 30.7 Å². The lowest BCUT2D eigenvalue weighted by molar-refractivity contribution is 0.0949. The van der Waals surface area contributed by atoms with Gasteiger partial charge in [-0.1, -0.05) is 18.0 Å². The van der Waals surface area contributed by atoms with Crippen molar-refractivity contribution >= 4 is 22.6 Å². The Labute approximate surface area is 180 Å². The Kier molecular flexibility index (Phi) is 5.35. The first-order valence-electron chi connectivity index (χ1n) is 11.1. The molecule has 9 heteroatoms. The molecule has 2 saturated carbocycles. The lowest BCUT2D eigenvalue weighted by Crippen LogP contribution is -2.44. The van der Waals surface area contributed by atoms with Crippen LogP contribution < -0.4 is 10.6 Å². The van der Waals surface area contributed by atoms with E-state index in [0.29, 0.717) is 17.4 Å². The molecule has 0 radical (unpaired) electrons. The van der Waals surface area contributed by atoms with Crippen LogP contribution in [0.25, 0.3) is 22.5 Å². The number of aromatic amines is 1. The molecule has 3 aromatic heterocycles. The first-order valence-corrected chi connectivity index (χ1v) is 11.1. The number of anilines is 1. The van der Waals surface area contributed by atoms with Crippen LogP contribution in [0, 0.1) is 17.8 Å². The summed E-state index contributed by atoms with van der Waals surface area (Å²) in [6.07, 6.45) is 10.5. The molecule has 31 heavy (non-hydrogen) atoms. The Morgan fingerprint density at radius 1 is 1.35 bits per heavy atom. The standard InChI is InChI=1S/C22H28N6O3/c1-23-21(30)20-27-22(31-28-20)16-11-25-19-15(5-7-24-19)18(16)26-17-13-4-2-3-12(9-13)10-14(17)6-8-29/h5,7,11-14,17,29H,2-4,6,8-10H2,1H3,(H,23,30)(H2,24,25,26)/t12?,13-,14+,17+/m0/s1. The molecule has 2 aliphatic carbocycles. The molecule has 9 nitrogen and oxygen atoms in total. The number of carbonyl (C=O) groups excluding carboxylic acids is 1. The molecule has 1 unspecified atom stereocenters. The van der Waals surface area contributed by atoms with Crippen LogP contribution in [0.1, 0.15) is 49.1 Å². The van der Waals surface area contributed by atoms with Crippen molar-refractivity contribution < 1.29 is 14.4 Å². The van der Waals surface area contributed by atoms with Crippen LogP contribution in [0.15, 0.2) is 23.0 Å². The number of aliphatic hydroxyl groups is 1. The van der Waals surface area contributed by atoms with E-state index >= 15 is 0 Å². The molecule has 2 bridgehead atoms. The number of hydrogen-bond acceptors (Lipinski definition) is 7. The van der Waals surface area contributed by atoms with Gasteiger partial charge in [0.25, 0.3) is 17.6 Å². The third kappa shape index (κ3) is 3.67. The number of aromatic nitrogens is 4. The average molecular weight is 425 g/mol. The molecule has 4 N–H and O–H groups in total. The van der Waals surface area contributed by atoms with Crippen LogP contribution in [0.4, 0.5) is 5.69 Å². The molecule has 2 aliphatic rings. The smallest absolute Gasteiger partial charge is 0.292 e. The molecule has 0 saturated heterocycles. The maximum absolute atomic E-state index is 11.9. The quantitative estimate of drug-likeness (QED) is 0.479. The number of nitrogens with zero attached hydrogens (tertiary/aromatic N) is 3. The van der Waals surface area contributed by atoms with Gasteiger partial charge in [-0.05, 0) is 49.5 Å². The molecule has 1 amide bonds. The van der Waals surface area contributed by atoms with Crippen LogP contribution >= 0.6 is 0 Å². The number of nitrogens with one attached hydrogen (secondary N) is 3. The summed E-state index contributed by atoms with van der Waals surface area (Å²) >= 11 is 0. The van der Waals surface area contributed by atoms with Gasteiger partial charge >= 0.3 is 0 Å². The molecule has 0 aromatic carbocycles. The maximum Gasteiger partial charge on any atom is 0.292 e. The number of H-pyrrole nitrogens is 1. The average Bonchev–Trinajstić information content (AvgIpc) is 3.46. The molecule has 0 spiro atoms. The fourth-order valence-corrected chi connectivity index (χ4v) is 5.56. The molecule has 164 valence electrons. The highest BCUT2D eigenvalue weighted by Gasteiger charge is 2.40. The number of fused-ring (bicyclic) bond motifs is 3. The molecule has 3 heterocycles. The van der Waals surface area contributed by atoms with E-state index in [1.807, 2.05) is 12.3 Å². The highest BCUT2D eigenvalue weighted by atomic mass is 16.5. The van der Waals surface area contributed by atoms with Gasteiger partial charge in [0.15, 0.2) is 0 Å². The van der Waals surface area contributed by atoms with Gasteiger partial charge in [0.2, 0.25) is 0 Å². The van der Waals surface area contributed by atoms with E-state index < -0.39 is 5.91 Å². The zero-order valence-corrected chi connectivity index (χ0v) is 17.6. The fraction of sp³-hybridized carbons (Fsp3) is 0.545. The van der Waals surface area contributed by atoms with Crippen molar-refractivity contribution in [2.45, 2.75) is 44.6 Å². The summed E-state index contributed by atoms with van der Waals surface area (Å²) in [5.41, 5.74) is 2.33. The molecule has 2 fully saturated rings. The Morgan fingerprint density at radius 2 is 2.26 bits per heavy atom. The van der Waals surface area contributed by atoms with Crippen LogP contribution in [-0.2, 0) is 0 Å². The largest absolute Gasteiger partial charge is 0.396 e. The van der Waals surface area contributed by atoms with Crippen LogP contribution in [0.3, 0.4) is 0 Å². The minimum Gasteiger partial charge on any atom is -0.396 e. The van der Waals surface area contributed by atoms with Gasteiger partial charge in [-0.2, -0.15) is 4.98 Å². The summed E-state index contributed by atoms with van der Waals surface area (Å²) in [6.45, 7) is 0.199. The summed E-state index contributed by atoms with van der Waals surface area (Å²) < 4.78 is 5.43. The Morgan fingerprint density at radius 3 is 3.10 bits per heavy atom. The van der Waals surface area contributed by atoms with E-state index in [4.69, 9.17) is 4.52 Å². The monoisotopic (exact) mass is 424 g/mol. The SMILES string of the molecule is CNC(=O)c1noc(-c2cnc3[nH]ccc3c2N[C@H]2[C@H](CCO)CC3CCC[C@H]2C3)n1. The number of carbonyl (C=O) groups is 1. The summed E-state index contributed by atoms with van der Waals surface area (Å²) in [5.74, 6) is 1.60. The number of pyridine rings is 1. The molecular formula is C22H28N6O3. The molecule has 3 aromatic rings. The van der Waals surface area contributed by atoms with E-state index in [9.17, 15) is 9.90 Å². The number of amides is 1. The topological polar surface area (TPSA) is 129 Å². The maximum atomic E-state index is 11.9. The van der Waals surface area contributed by atoms with Gasteiger partial charge in [0.1, 0.15) is 5.65 Å². The highest BCUT2D eigenvalue weighted by Crippen LogP contribution is 2.46. The van der Waals surface area contributed by atoms with Gasteiger partial charge in [0.05, 0.1) is 11.3 Å². The predicted molar refractivity (Wildman–Crippen MR) is 115 cm³/mol. The van der Waals surface area contributed by atoms with E-state index in [1.54, 1.807) is 6.20 Å². The van der Waals surface area contributed by atoms with Crippen LogP contribution in [0.5, 0.6) is 0 Å². The highest BCUT2D eigenvalue weighted by molar-refractivity contribution is 5.97. The third-order valence-electron chi connectivity index (χ3n) is 6.96. The molecule has 4 atom stereocenters. The van der Waals surface area contributed by atoms with Crippen molar-refractivity contribution in [3.8, 4) is 11.5 Å². The van der Waals surface area contributed by atoms with Gasteiger partial charge in [-0.3, -0.25) is 4.79 Å². The molecule has 5 rings (SSSR count). The fourth-order valence-electron chi connectivity index (χ4n) is 5.56. The summed E-state index contributed by atoms with van der Waals surface area (Å²) in [7, 11) is 1.53. The first-order chi connectivity index (χ1) is 15.2. The number of rotatable bonds is 6. The second-order valence-corrected chi connectivity index (χ2v) is 8.76. The van der Waals surface area contributed by atoms with Crippen molar-refractivity contribution in [1.82, 2.24) is 25.4 Å². The van der Waals surface area contributed by atoms with Crippen molar-refractivity contribution in [3.63, 3.8) is 0 Å². The summed E-state index contributed by atoms with van der Waals surface area (Å²) in [5, 5.41) is 20.8. The Balaban J connectivity index is 1.55. The number of aliphatic hydroxyl groups excluding tert-OH is 1. The summed E-state index contributed by atoms with van der Waals surface area (Å²) in [4.78, 5) is 23.9. The first kappa shape index (κ1) is 20.0. The summed E-state index contributed by atoms with van der Waals surface area (Å²) in [6, 6.07) is 2.24. The lowest BCUT2D eigenvalue weighted by atomic mass is 9.64. The van der Waals surface area contributed by atoms with Crippen molar-refractivity contribution in [2.75, 3.05) is 19.0 Å². The zero-order valence-electron chi connectivity index (χ0n) is 17.6. The minimum atomic E-state index is -0.399. The van der Waals surface area contributed by atoms with Crippen LogP contribution in [-0.4, -0.2) is 50.8 Å². The van der Waals surface area contributed by atoms with E-state index in [0.717, 1.165) is 35.5 Å². The Bertz CT molecular complexity index is 1080.